The molecule has 0 spiro atoms. The first-order valence-electron chi connectivity index (χ1n) is 7.00. The summed E-state index contributed by atoms with van der Waals surface area (Å²) in [5, 5.41) is 0. The number of hydrogen-bond acceptors (Lipinski definition) is 2. The van der Waals surface area contributed by atoms with E-state index in [4.69, 9.17) is 8.85 Å². The molecule has 18 heavy (non-hydrogen) atoms. The molecule has 0 saturated heterocycles. The molecule has 0 aromatic rings. The van der Waals surface area contributed by atoms with Crippen molar-refractivity contribution in [1.82, 2.24) is 0 Å². The van der Waals surface area contributed by atoms with Crippen LogP contribution in [0.1, 0.15) is 47.5 Å². The van der Waals surface area contributed by atoms with Gasteiger partial charge in [-0.3, -0.25) is 0 Å². The Morgan fingerprint density at radius 1 is 1.00 bits per heavy atom. The third-order valence-corrected chi connectivity index (χ3v) is 5.56. The van der Waals surface area contributed by atoms with Gasteiger partial charge in [0, 0.05) is 19.3 Å². The quantitative estimate of drug-likeness (QED) is 0.441. The molecule has 0 aromatic carbocycles. The third-order valence-electron chi connectivity index (χ3n) is 2.81. The molecule has 0 aliphatic heterocycles. The van der Waals surface area contributed by atoms with Gasteiger partial charge < -0.3 is 8.85 Å². The third kappa shape index (κ3) is 8.67. The largest absolute Gasteiger partial charge is 0.394 e. The van der Waals surface area contributed by atoms with Gasteiger partial charge >= 0.3 is 8.56 Å². The molecule has 106 valence electrons. The van der Waals surface area contributed by atoms with E-state index < -0.39 is 8.56 Å². The van der Waals surface area contributed by atoms with Gasteiger partial charge in [-0.1, -0.05) is 23.3 Å². The molecule has 0 rings (SSSR count). The van der Waals surface area contributed by atoms with E-state index in [0.717, 1.165) is 32.1 Å². The summed E-state index contributed by atoms with van der Waals surface area (Å²) in [6, 6.07) is 0.954. The SMILES string of the molecule is CCO[Si](C)(C/C=C(\C)CCC=C(C)C)OCC. The van der Waals surface area contributed by atoms with Crippen molar-refractivity contribution in [2.45, 2.75) is 60.1 Å². The van der Waals surface area contributed by atoms with Gasteiger partial charge in [0.15, 0.2) is 0 Å². The molecule has 0 fully saturated rings. The van der Waals surface area contributed by atoms with Crippen molar-refractivity contribution >= 4 is 8.56 Å². The second-order valence-electron chi connectivity index (χ2n) is 5.07. The van der Waals surface area contributed by atoms with Crippen LogP contribution in [0.3, 0.4) is 0 Å². The summed E-state index contributed by atoms with van der Waals surface area (Å²) in [5.74, 6) is 0. The minimum Gasteiger partial charge on any atom is -0.394 e. The smallest absolute Gasteiger partial charge is 0.338 e. The molecule has 0 aromatic heterocycles. The van der Waals surface area contributed by atoms with Crippen molar-refractivity contribution in [2.24, 2.45) is 0 Å². The van der Waals surface area contributed by atoms with E-state index in [2.05, 4.69) is 39.5 Å². The summed E-state index contributed by atoms with van der Waals surface area (Å²) in [4.78, 5) is 0. The van der Waals surface area contributed by atoms with Gasteiger partial charge in [0.25, 0.3) is 0 Å². The Morgan fingerprint density at radius 3 is 2.00 bits per heavy atom. The van der Waals surface area contributed by atoms with E-state index in [1.807, 2.05) is 13.8 Å². The summed E-state index contributed by atoms with van der Waals surface area (Å²) in [5.41, 5.74) is 2.83. The van der Waals surface area contributed by atoms with Crippen LogP contribution in [-0.4, -0.2) is 21.8 Å². The highest BCUT2D eigenvalue weighted by atomic mass is 28.4. The van der Waals surface area contributed by atoms with Crippen LogP contribution in [0.25, 0.3) is 0 Å². The predicted octanol–water partition coefficient (Wildman–Crippen LogP) is 4.82. The van der Waals surface area contributed by atoms with Gasteiger partial charge in [-0.05, 0) is 54.0 Å². The van der Waals surface area contributed by atoms with Crippen LogP contribution in [0.4, 0.5) is 0 Å². The maximum Gasteiger partial charge on any atom is 0.338 e. The highest BCUT2D eigenvalue weighted by Crippen LogP contribution is 2.17. The summed E-state index contributed by atoms with van der Waals surface area (Å²) >= 11 is 0. The minimum absolute atomic E-state index is 0.743. The van der Waals surface area contributed by atoms with E-state index >= 15 is 0 Å². The standard InChI is InChI=1S/C15H30O2Si/c1-7-16-18(6,17-8-2)13-12-15(5)11-9-10-14(3)4/h10,12H,7-9,11,13H2,1-6H3/b15-12+. The predicted molar refractivity (Wildman–Crippen MR) is 82.1 cm³/mol. The summed E-state index contributed by atoms with van der Waals surface area (Å²) < 4.78 is 11.6. The van der Waals surface area contributed by atoms with Gasteiger partial charge in [0.05, 0.1) is 0 Å². The van der Waals surface area contributed by atoms with Crippen LogP contribution in [-0.2, 0) is 8.85 Å². The second kappa shape index (κ2) is 9.53. The summed E-state index contributed by atoms with van der Waals surface area (Å²) in [6.45, 7) is 14.2. The first-order valence-corrected chi connectivity index (χ1v) is 9.52. The average molecular weight is 270 g/mol. The summed E-state index contributed by atoms with van der Waals surface area (Å²) in [7, 11) is -1.97. The Hall–Kier alpha value is -0.383. The van der Waals surface area contributed by atoms with Crippen LogP contribution >= 0.6 is 0 Å². The molecule has 0 aliphatic rings. The molecule has 0 amide bonds. The lowest BCUT2D eigenvalue weighted by molar-refractivity contribution is 0.192. The van der Waals surface area contributed by atoms with E-state index in [1.165, 1.54) is 11.1 Å². The Kier molecular flexibility index (Phi) is 9.33. The number of hydrogen-bond donors (Lipinski definition) is 0. The molecule has 0 unspecified atom stereocenters. The van der Waals surface area contributed by atoms with E-state index in [9.17, 15) is 0 Å². The van der Waals surface area contributed by atoms with Crippen LogP contribution in [0.5, 0.6) is 0 Å². The monoisotopic (exact) mass is 270 g/mol. The van der Waals surface area contributed by atoms with Crippen molar-refractivity contribution in [3.63, 3.8) is 0 Å². The Morgan fingerprint density at radius 2 is 1.56 bits per heavy atom. The van der Waals surface area contributed by atoms with E-state index in [-0.39, 0.29) is 0 Å². The first-order chi connectivity index (χ1) is 8.43. The van der Waals surface area contributed by atoms with Crippen molar-refractivity contribution in [2.75, 3.05) is 13.2 Å². The average Bonchev–Trinajstić information content (AvgIpc) is 2.27. The van der Waals surface area contributed by atoms with Crippen LogP contribution in [0.15, 0.2) is 23.3 Å². The lowest BCUT2D eigenvalue weighted by atomic mass is 10.1. The van der Waals surface area contributed by atoms with Crippen LogP contribution in [0.2, 0.25) is 12.6 Å². The van der Waals surface area contributed by atoms with Crippen LogP contribution in [0, 0.1) is 0 Å². The molecule has 0 N–H and O–H groups in total. The van der Waals surface area contributed by atoms with Crippen molar-refractivity contribution < 1.29 is 8.85 Å². The van der Waals surface area contributed by atoms with Gasteiger partial charge in [0.1, 0.15) is 0 Å². The van der Waals surface area contributed by atoms with E-state index in [1.54, 1.807) is 0 Å². The fraction of sp³-hybridized carbons (Fsp3) is 0.733. The fourth-order valence-corrected chi connectivity index (χ4v) is 4.08. The van der Waals surface area contributed by atoms with Gasteiger partial charge in [-0.25, -0.2) is 0 Å². The highest BCUT2D eigenvalue weighted by Gasteiger charge is 2.29. The second-order valence-corrected chi connectivity index (χ2v) is 8.33. The van der Waals surface area contributed by atoms with Gasteiger partial charge in [0.2, 0.25) is 0 Å². The highest BCUT2D eigenvalue weighted by molar-refractivity contribution is 6.66. The zero-order valence-electron chi connectivity index (χ0n) is 13.0. The lowest BCUT2D eigenvalue weighted by Gasteiger charge is -2.24. The molecule has 0 saturated carbocycles. The normalized spacial score (nSPS) is 12.7. The van der Waals surface area contributed by atoms with Crippen LogP contribution < -0.4 is 0 Å². The molecule has 0 atom stereocenters. The summed E-state index contributed by atoms with van der Waals surface area (Å²) in [6.07, 6.45) is 6.86. The van der Waals surface area contributed by atoms with Gasteiger partial charge in [-0.2, -0.15) is 0 Å². The minimum atomic E-state index is -1.97. The molecular weight excluding hydrogens is 240 g/mol. The number of rotatable bonds is 9. The van der Waals surface area contributed by atoms with E-state index in [0.29, 0.717) is 0 Å². The molecule has 0 radical (unpaired) electrons. The van der Waals surface area contributed by atoms with Crippen molar-refractivity contribution in [1.29, 1.82) is 0 Å². The Labute approximate surface area is 114 Å². The zero-order chi connectivity index (χ0) is 14.0. The Bertz CT molecular complexity index is 272. The molecular formula is C15H30O2Si. The molecule has 0 bridgehead atoms. The zero-order valence-corrected chi connectivity index (χ0v) is 14.0. The number of allylic oxidation sites excluding steroid dienone is 4. The van der Waals surface area contributed by atoms with Gasteiger partial charge in [-0.15, -0.1) is 0 Å². The van der Waals surface area contributed by atoms with Crippen molar-refractivity contribution in [3.8, 4) is 0 Å². The molecule has 0 heterocycles. The first kappa shape index (κ1) is 17.6. The Balaban J connectivity index is 4.25. The maximum absolute atomic E-state index is 5.82. The molecule has 0 aliphatic carbocycles. The molecule has 2 nitrogen and oxygen atoms in total. The fourth-order valence-electron chi connectivity index (χ4n) is 1.82. The molecule has 3 heteroatoms. The topological polar surface area (TPSA) is 18.5 Å². The lowest BCUT2D eigenvalue weighted by Crippen LogP contribution is -2.38. The van der Waals surface area contributed by atoms with Crippen molar-refractivity contribution in [3.05, 3.63) is 23.3 Å². The maximum atomic E-state index is 5.82.